The molecule has 41 heavy (non-hydrogen) atoms. The second kappa shape index (κ2) is 10.6. The lowest BCUT2D eigenvalue weighted by Gasteiger charge is -2.33. The average molecular weight is 571 g/mol. The van der Waals surface area contributed by atoms with Crippen molar-refractivity contribution in [1.82, 2.24) is 34.6 Å². The number of anilines is 1. The molecule has 0 aliphatic carbocycles. The van der Waals surface area contributed by atoms with Crippen LogP contribution in [0.2, 0.25) is 0 Å². The van der Waals surface area contributed by atoms with Crippen LogP contribution in [-0.4, -0.2) is 68.3 Å². The fourth-order valence-electron chi connectivity index (χ4n) is 4.90. The smallest absolute Gasteiger partial charge is 0.257 e. The standard InChI is InChI=1S/C28H26N8O4S/c1-41(38,39)28-30-14-19(15-31-28)27(37)35-13-5-6-20(16-35)36-26-23(25(29)32-17-33-26)24(34-36)18-9-11-22(12-10-18)40-21-7-3-2-4-8-21/h2-4,7-12,14-15,17,20H,5-6,13,16H2,1H3,(H2,29,32,33)/t20-/m0/s1. The van der Waals surface area contributed by atoms with E-state index in [1.807, 2.05) is 59.3 Å². The summed E-state index contributed by atoms with van der Waals surface area (Å²) in [5.74, 6) is 1.45. The summed E-state index contributed by atoms with van der Waals surface area (Å²) in [6.45, 7) is 0.909. The largest absolute Gasteiger partial charge is 0.457 e. The lowest BCUT2D eigenvalue weighted by molar-refractivity contribution is 0.0674. The maximum Gasteiger partial charge on any atom is 0.257 e. The Hall–Kier alpha value is -4.91. The molecule has 0 saturated carbocycles. The van der Waals surface area contributed by atoms with Crippen LogP contribution in [0.4, 0.5) is 5.82 Å². The number of nitrogens with zero attached hydrogens (tertiary/aromatic N) is 7. The number of para-hydroxylation sites is 1. The number of carbonyl (C=O) groups excluding carboxylic acids is 1. The zero-order valence-corrected chi connectivity index (χ0v) is 22.9. The van der Waals surface area contributed by atoms with Gasteiger partial charge in [-0.1, -0.05) is 18.2 Å². The highest BCUT2D eigenvalue weighted by atomic mass is 32.2. The first kappa shape index (κ1) is 26.3. The lowest BCUT2D eigenvalue weighted by atomic mass is 10.0. The Morgan fingerprint density at radius 2 is 1.68 bits per heavy atom. The SMILES string of the molecule is CS(=O)(=O)c1ncc(C(=O)N2CCC[C@H](n3nc(-c4ccc(Oc5ccccc5)cc4)c4c(N)ncnc43)C2)cn1. The van der Waals surface area contributed by atoms with Crippen molar-refractivity contribution in [2.45, 2.75) is 24.0 Å². The van der Waals surface area contributed by atoms with E-state index in [2.05, 4.69) is 19.9 Å². The summed E-state index contributed by atoms with van der Waals surface area (Å²) in [5, 5.41) is 5.24. The molecule has 5 aromatic rings. The number of aromatic nitrogens is 6. The van der Waals surface area contributed by atoms with Crippen molar-refractivity contribution in [1.29, 1.82) is 0 Å². The Labute approximate surface area is 235 Å². The molecule has 1 amide bonds. The van der Waals surface area contributed by atoms with Gasteiger partial charge in [-0.3, -0.25) is 4.79 Å². The molecule has 0 radical (unpaired) electrons. The number of likely N-dealkylation sites (tertiary alicyclic amines) is 1. The molecule has 1 saturated heterocycles. The van der Waals surface area contributed by atoms with Crippen molar-refractivity contribution in [3.63, 3.8) is 0 Å². The Kier molecular flexibility index (Phi) is 6.79. The third-order valence-electron chi connectivity index (χ3n) is 6.86. The van der Waals surface area contributed by atoms with Gasteiger partial charge in [-0.15, -0.1) is 0 Å². The number of ether oxygens (including phenoxy) is 1. The molecule has 1 fully saturated rings. The van der Waals surface area contributed by atoms with Gasteiger partial charge in [0.2, 0.25) is 15.0 Å². The number of hydrogen-bond acceptors (Lipinski definition) is 10. The van der Waals surface area contributed by atoms with Crippen LogP contribution < -0.4 is 10.5 Å². The Bertz CT molecular complexity index is 1830. The molecule has 1 aliphatic rings. The number of sulfone groups is 1. The van der Waals surface area contributed by atoms with E-state index in [1.54, 1.807) is 4.90 Å². The first-order chi connectivity index (χ1) is 19.8. The van der Waals surface area contributed by atoms with Gasteiger partial charge >= 0.3 is 0 Å². The summed E-state index contributed by atoms with van der Waals surface area (Å²) >= 11 is 0. The molecule has 1 aliphatic heterocycles. The highest BCUT2D eigenvalue weighted by Crippen LogP contribution is 2.35. The van der Waals surface area contributed by atoms with E-state index < -0.39 is 9.84 Å². The first-order valence-corrected chi connectivity index (χ1v) is 14.8. The summed E-state index contributed by atoms with van der Waals surface area (Å²) in [5.41, 5.74) is 8.57. The second-order valence-corrected chi connectivity index (χ2v) is 11.7. The number of fused-ring (bicyclic) bond motifs is 1. The summed E-state index contributed by atoms with van der Waals surface area (Å²) < 4.78 is 31.1. The Balaban J connectivity index is 1.28. The highest BCUT2D eigenvalue weighted by Gasteiger charge is 2.29. The molecule has 208 valence electrons. The summed E-state index contributed by atoms with van der Waals surface area (Å²) in [6, 6.07) is 16.9. The van der Waals surface area contributed by atoms with Crippen LogP contribution >= 0.6 is 0 Å². The van der Waals surface area contributed by atoms with Crippen molar-refractivity contribution in [2.75, 3.05) is 25.1 Å². The fraction of sp³-hybridized carbons (Fsp3) is 0.214. The van der Waals surface area contributed by atoms with Crippen molar-refractivity contribution in [3.05, 3.63) is 78.9 Å². The number of piperidine rings is 1. The van der Waals surface area contributed by atoms with E-state index in [4.69, 9.17) is 15.6 Å². The predicted octanol–water partition coefficient (Wildman–Crippen LogP) is 3.54. The first-order valence-electron chi connectivity index (χ1n) is 12.9. The maximum absolute atomic E-state index is 13.3. The molecule has 6 rings (SSSR count). The van der Waals surface area contributed by atoms with Crippen LogP contribution in [0.5, 0.6) is 11.5 Å². The summed E-state index contributed by atoms with van der Waals surface area (Å²) in [7, 11) is -3.56. The molecule has 2 aromatic carbocycles. The van der Waals surface area contributed by atoms with Crippen LogP contribution in [-0.2, 0) is 9.84 Å². The van der Waals surface area contributed by atoms with Crippen LogP contribution in [0.1, 0.15) is 29.2 Å². The third kappa shape index (κ3) is 5.31. The van der Waals surface area contributed by atoms with E-state index in [9.17, 15) is 13.2 Å². The van der Waals surface area contributed by atoms with Gasteiger partial charge in [0, 0.05) is 37.3 Å². The Morgan fingerprint density at radius 1 is 0.976 bits per heavy atom. The number of nitrogens with two attached hydrogens (primary N) is 1. The van der Waals surface area contributed by atoms with Gasteiger partial charge in [0.05, 0.1) is 17.0 Å². The molecule has 0 unspecified atom stereocenters. The molecule has 4 heterocycles. The second-order valence-electron chi connectivity index (χ2n) is 9.76. The molecular formula is C28H26N8O4S. The highest BCUT2D eigenvalue weighted by molar-refractivity contribution is 7.90. The fourth-order valence-corrected chi connectivity index (χ4v) is 5.39. The van der Waals surface area contributed by atoms with Crippen molar-refractivity contribution in [3.8, 4) is 22.8 Å². The molecule has 0 bridgehead atoms. The Morgan fingerprint density at radius 3 is 2.39 bits per heavy atom. The van der Waals surface area contributed by atoms with Gasteiger partial charge in [0.1, 0.15) is 29.3 Å². The topological polar surface area (TPSA) is 159 Å². The summed E-state index contributed by atoms with van der Waals surface area (Å²) in [6.07, 6.45) is 6.43. The molecule has 1 atom stereocenters. The van der Waals surface area contributed by atoms with E-state index in [0.29, 0.717) is 41.4 Å². The normalized spacial score (nSPS) is 15.6. The minimum Gasteiger partial charge on any atom is -0.457 e. The van der Waals surface area contributed by atoms with Crippen LogP contribution in [0.15, 0.2) is 78.5 Å². The van der Waals surface area contributed by atoms with Crippen LogP contribution in [0, 0.1) is 0 Å². The van der Waals surface area contributed by atoms with Gasteiger partial charge in [-0.05, 0) is 49.2 Å². The van der Waals surface area contributed by atoms with E-state index in [1.165, 1.54) is 18.7 Å². The number of carbonyl (C=O) groups is 1. The molecule has 2 N–H and O–H groups in total. The van der Waals surface area contributed by atoms with E-state index in [-0.39, 0.29) is 22.7 Å². The molecule has 3 aromatic heterocycles. The summed E-state index contributed by atoms with van der Waals surface area (Å²) in [4.78, 5) is 31.4. The molecule has 13 heteroatoms. The van der Waals surface area contributed by atoms with Crippen LogP contribution in [0.3, 0.4) is 0 Å². The number of amides is 1. The number of hydrogen-bond donors (Lipinski definition) is 1. The molecular weight excluding hydrogens is 544 g/mol. The van der Waals surface area contributed by atoms with Gasteiger partial charge < -0.3 is 15.4 Å². The minimum atomic E-state index is -3.56. The zero-order valence-electron chi connectivity index (χ0n) is 22.1. The number of benzene rings is 2. The zero-order chi connectivity index (χ0) is 28.6. The van der Waals surface area contributed by atoms with Crippen molar-refractivity contribution < 1.29 is 17.9 Å². The number of nitrogen functional groups attached to an aromatic ring is 1. The third-order valence-corrected chi connectivity index (χ3v) is 7.74. The van der Waals surface area contributed by atoms with Crippen molar-refractivity contribution >= 4 is 32.6 Å². The van der Waals surface area contributed by atoms with Crippen LogP contribution in [0.25, 0.3) is 22.3 Å². The van der Waals surface area contributed by atoms with Gasteiger partial charge in [-0.2, -0.15) is 5.10 Å². The van der Waals surface area contributed by atoms with E-state index >= 15 is 0 Å². The maximum atomic E-state index is 13.3. The predicted molar refractivity (Wildman–Crippen MR) is 151 cm³/mol. The van der Waals surface area contributed by atoms with Gasteiger partial charge in [-0.25, -0.2) is 33.0 Å². The van der Waals surface area contributed by atoms with E-state index in [0.717, 1.165) is 30.4 Å². The number of rotatable bonds is 6. The van der Waals surface area contributed by atoms with Gasteiger partial charge in [0.15, 0.2) is 5.65 Å². The monoisotopic (exact) mass is 570 g/mol. The molecule has 12 nitrogen and oxygen atoms in total. The minimum absolute atomic E-state index is 0.171. The average Bonchev–Trinajstić information content (AvgIpc) is 3.38. The lowest BCUT2D eigenvalue weighted by Crippen LogP contribution is -2.41. The molecule has 0 spiro atoms. The quantitative estimate of drug-likeness (QED) is 0.299. The van der Waals surface area contributed by atoms with Gasteiger partial charge in [0.25, 0.3) is 5.91 Å². The van der Waals surface area contributed by atoms with Crippen molar-refractivity contribution in [2.24, 2.45) is 0 Å².